The van der Waals surface area contributed by atoms with Crippen LogP contribution >= 0.6 is 0 Å². The lowest BCUT2D eigenvalue weighted by molar-refractivity contribution is -0.384. The second-order valence-electron chi connectivity index (χ2n) is 10.3. The van der Waals surface area contributed by atoms with Crippen molar-refractivity contribution in [1.29, 1.82) is 0 Å². The molecule has 0 amide bonds. The molecule has 4 N–H and O–H groups in total. The zero-order chi connectivity index (χ0) is 34.2. The molecule has 0 radical (unpaired) electrons. The fraction of sp³-hybridized carbons (Fsp3) is 0.552. The van der Waals surface area contributed by atoms with Crippen LogP contribution in [0.3, 0.4) is 0 Å². The van der Waals surface area contributed by atoms with Gasteiger partial charge in [-0.1, -0.05) is 12.1 Å². The number of phenols is 1. The van der Waals surface area contributed by atoms with Crippen molar-refractivity contribution >= 4 is 35.9 Å². The quantitative estimate of drug-likeness (QED) is 0.118. The lowest BCUT2D eigenvalue weighted by atomic mass is 9.98. The molecule has 0 unspecified atom stereocenters. The topological polar surface area (TPSA) is 240 Å². The normalized spacial score (nSPS) is 30.8. The third-order valence-corrected chi connectivity index (χ3v) is 6.66. The van der Waals surface area contributed by atoms with Crippen molar-refractivity contribution in [2.24, 2.45) is 0 Å². The SMILES string of the molecule is CC(=O)OC[C@@H]1O[C@H](O[C@@]2(COC(C)=O)O[C@H](COC(=O)C=Cc3ccc(O)cc3)[C@@H](O)[C@@H]2O)[C@H](O)[C@@H](OC(C)=O)[C@@H]1OC(C)=O. The van der Waals surface area contributed by atoms with Gasteiger partial charge in [0, 0.05) is 33.8 Å². The summed E-state index contributed by atoms with van der Waals surface area (Å²) in [7, 11) is 0. The fourth-order valence-electron chi connectivity index (χ4n) is 4.59. The van der Waals surface area contributed by atoms with E-state index in [2.05, 4.69) is 0 Å². The van der Waals surface area contributed by atoms with Crippen LogP contribution in [0.15, 0.2) is 30.3 Å². The highest BCUT2D eigenvalue weighted by Gasteiger charge is 2.60. The van der Waals surface area contributed by atoms with Gasteiger partial charge in [-0.2, -0.15) is 0 Å². The molecule has 0 aromatic heterocycles. The average Bonchev–Trinajstić information content (AvgIpc) is 3.21. The number of phenolic OH excluding ortho intramolecular Hbond substituents is 1. The Bertz CT molecular complexity index is 1280. The highest BCUT2D eigenvalue weighted by Crippen LogP contribution is 2.38. The molecule has 0 spiro atoms. The zero-order valence-electron chi connectivity index (χ0n) is 25.3. The van der Waals surface area contributed by atoms with E-state index in [1.807, 2.05) is 0 Å². The van der Waals surface area contributed by atoms with E-state index < -0.39 is 104 Å². The van der Waals surface area contributed by atoms with Crippen molar-refractivity contribution in [3.05, 3.63) is 35.9 Å². The summed E-state index contributed by atoms with van der Waals surface area (Å²) in [6.07, 6.45) is -11.2. The monoisotopic (exact) mass is 656 g/mol. The van der Waals surface area contributed by atoms with Gasteiger partial charge in [-0.15, -0.1) is 0 Å². The lowest BCUT2D eigenvalue weighted by Crippen LogP contribution is -2.64. The second-order valence-corrected chi connectivity index (χ2v) is 10.3. The van der Waals surface area contributed by atoms with Gasteiger partial charge in [0.15, 0.2) is 18.5 Å². The van der Waals surface area contributed by atoms with Crippen molar-refractivity contribution < 1.29 is 82.3 Å². The summed E-state index contributed by atoms with van der Waals surface area (Å²) in [4.78, 5) is 59.3. The van der Waals surface area contributed by atoms with Crippen molar-refractivity contribution in [2.45, 2.75) is 82.5 Å². The van der Waals surface area contributed by atoms with E-state index in [1.54, 1.807) is 12.1 Å². The number of benzene rings is 1. The van der Waals surface area contributed by atoms with Crippen LogP contribution in [0.25, 0.3) is 6.08 Å². The van der Waals surface area contributed by atoms with Gasteiger partial charge >= 0.3 is 29.8 Å². The zero-order valence-corrected chi connectivity index (χ0v) is 25.3. The van der Waals surface area contributed by atoms with E-state index in [0.29, 0.717) is 5.56 Å². The molecule has 2 aliphatic heterocycles. The fourth-order valence-corrected chi connectivity index (χ4v) is 4.59. The van der Waals surface area contributed by atoms with Crippen LogP contribution < -0.4 is 0 Å². The predicted molar refractivity (Wildman–Crippen MR) is 148 cm³/mol. The summed E-state index contributed by atoms with van der Waals surface area (Å²) < 4.78 is 42.8. The number of aliphatic hydroxyl groups excluding tert-OH is 3. The highest BCUT2D eigenvalue weighted by molar-refractivity contribution is 5.87. The van der Waals surface area contributed by atoms with Crippen molar-refractivity contribution in [3.63, 3.8) is 0 Å². The van der Waals surface area contributed by atoms with Crippen LogP contribution in [0.5, 0.6) is 5.75 Å². The summed E-state index contributed by atoms with van der Waals surface area (Å²) in [5.41, 5.74) is 0.567. The Balaban J connectivity index is 1.84. The molecule has 2 aliphatic rings. The third-order valence-electron chi connectivity index (χ3n) is 6.66. The largest absolute Gasteiger partial charge is 0.508 e. The predicted octanol–water partition coefficient (Wildman–Crippen LogP) is -1.14. The minimum Gasteiger partial charge on any atom is -0.508 e. The van der Waals surface area contributed by atoms with Crippen LogP contribution in [0.4, 0.5) is 0 Å². The van der Waals surface area contributed by atoms with E-state index in [-0.39, 0.29) is 5.75 Å². The van der Waals surface area contributed by atoms with Crippen molar-refractivity contribution in [2.75, 3.05) is 19.8 Å². The number of ether oxygens (including phenoxy) is 8. The maximum atomic E-state index is 12.3. The van der Waals surface area contributed by atoms with Gasteiger partial charge < -0.3 is 58.3 Å². The first-order valence-electron chi connectivity index (χ1n) is 13.9. The van der Waals surface area contributed by atoms with E-state index >= 15 is 0 Å². The molecule has 17 heteroatoms. The first-order valence-corrected chi connectivity index (χ1v) is 13.9. The van der Waals surface area contributed by atoms with Gasteiger partial charge in [0.25, 0.3) is 0 Å². The van der Waals surface area contributed by atoms with Crippen molar-refractivity contribution in [1.82, 2.24) is 0 Å². The second kappa shape index (κ2) is 15.9. The van der Waals surface area contributed by atoms with Gasteiger partial charge in [-0.05, 0) is 23.8 Å². The molecule has 0 bridgehead atoms. The molecule has 1 aromatic rings. The first kappa shape index (κ1) is 36.3. The summed E-state index contributed by atoms with van der Waals surface area (Å²) in [5, 5.41) is 42.4. The van der Waals surface area contributed by atoms with Gasteiger partial charge in [-0.3, -0.25) is 19.2 Å². The maximum Gasteiger partial charge on any atom is 0.330 e. The van der Waals surface area contributed by atoms with E-state index in [0.717, 1.165) is 33.8 Å². The molecule has 0 saturated carbocycles. The van der Waals surface area contributed by atoms with Crippen LogP contribution in [-0.2, 0) is 61.9 Å². The highest BCUT2D eigenvalue weighted by atomic mass is 16.8. The summed E-state index contributed by atoms with van der Waals surface area (Å²) in [6.45, 7) is 2.09. The molecule has 2 saturated heterocycles. The van der Waals surface area contributed by atoms with Crippen LogP contribution in [-0.4, -0.2) is 125 Å². The summed E-state index contributed by atoms with van der Waals surface area (Å²) in [5.74, 6) is -6.66. The van der Waals surface area contributed by atoms with Crippen molar-refractivity contribution in [3.8, 4) is 5.75 Å². The van der Waals surface area contributed by atoms with E-state index in [4.69, 9.17) is 37.9 Å². The molecule has 0 aliphatic carbocycles. The Kier molecular flexibility index (Phi) is 12.6. The number of rotatable bonds is 12. The van der Waals surface area contributed by atoms with Crippen LogP contribution in [0, 0.1) is 0 Å². The Morgan fingerprint density at radius 2 is 1.37 bits per heavy atom. The molecular formula is C29H36O17. The molecule has 46 heavy (non-hydrogen) atoms. The molecule has 9 atom stereocenters. The number of aromatic hydroxyl groups is 1. The molecule has 2 heterocycles. The number of carbonyl (C=O) groups is 5. The smallest absolute Gasteiger partial charge is 0.330 e. The van der Waals surface area contributed by atoms with Gasteiger partial charge in [0.2, 0.25) is 5.79 Å². The van der Waals surface area contributed by atoms with E-state index in [9.17, 15) is 44.4 Å². The molecule has 17 nitrogen and oxygen atoms in total. The molecular weight excluding hydrogens is 620 g/mol. The molecule has 2 fully saturated rings. The minimum absolute atomic E-state index is 0.0299. The summed E-state index contributed by atoms with van der Waals surface area (Å²) in [6, 6.07) is 5.90. The Morgan fingerprint density at radius 3 is 1.96 bits per heavy atom. The standard InChI is InChI=1S/C29H36O17/c1-14(30)39-12-21-25(42-16(3)32)26(43-17(4)33)24(37)28(44-21)46-29(13-41-15(2)31)27(38)23(36)20(45-29)11-40-22(35)10-7-18-5-8-19(34)9-6-18/h5-10,20-21,23-28,34,36-38H,11-13H2,1-4H3/t20-,21+,23-,24-,25-,26-,27+,28-,29-/m1/s1. The maximum absolute atomic E-state index is 12.3. The Morgan fingerprint density at radius 1 is 0.783 bits per heavy atom. The average molecular weight is 657 g/mol. The first-order chi connectivity index (χ1) is 21.6. The number of aliphatic hydroxyl groups is 3. The third kappa shape index (κ3) is 9.68. The number of hydrogen-bond donors (Lipinski definition) is 4. The lowest BCUT2D eigenvalue weighted by Gasteiger charge is -2.45. The molecule has 1 aromatic carbocycles. The molecule has 3 rings (SSSR count). The summed E-state index contributed by atoms with van der Waals surface area (Å²) >= 11 is 0. The van der Waals surface area contributed by atoms with Gasteiger partial charge in [0.1, 0.15) is 56.1 Å². The number of hydrogen-bond acceptors (Lipinski definition) is 17. The van der Waals surface area contributed by atoms with E-state index in [1.165, 1.54) is 18.2 Å². The number of esters is 5. The number of carbonyl (C=O) groups excluding carboxylic acids is 5. The van der Waals surface area contributed by atoms with Gasteiger partial charge in [-0.25, -0.2) is 4.79 Å². The van der Waals surface area contributed by atoms with Crippen LogP contribution in [0.1, 0.15) is 33.3 Å². The van der Waals surface area contributed by atoms with Gasteiger partial charge in [0.05, 0.1) is 0 Å². The minimum atomic E-state index is -2.46. The molecule has 254 valence electrons. The Hall–Kier alpha value is -4.13. The van der Waals surface area contributed by atoms with Crippen LogP contribution in [0.2, 0.25) is 0 Å². The Labute approximate surface area is 262 Å².